The van der Waals surface area contributed by atoms with Gasteiger partial charge in [0.05, 0.1) is 5.56 Å². The number of carbonyl (C=O) groups is 7. The summed E-state index contributed by atoms with van der Waals surface area (Å²) in [6.07, 6.45) is 2.64. The fourth-order valence-corrected chi connectivity index (χ4v) is 3.87. The van der Waals surface area contributed by atoms with Crippen molar-refractivity contribution >= 4 is 41.7 Å². The third-order valence-corrected chi connectivity index (χ3v) is 6.28. The summed E-state index contributed by atoms with van der Waals surface area (Å²) in [5.74, 6) is -6.14. The van der Waals surface area contributed by atoms with Crippen molar-refractivity contribution in [2.24, 2.45) is 5.41 Å². The smallest absolute Gasteiger partial charge is 0.331 e. The van der Waals surface area contributed by atoms with Gasteiger partial charge in [0.25, 0.3) is 5.91 Å². The van der Waals surface area contributed by atoms with Crippen molar-refractivity contribution in [3.05, 3.63) is 29.8 Å². The van der Waals surface area contributed by atoms with Crippen LogP contribution in [0, 0.1) is 11.4 Å². The molecule has 5 amide bonds. The molecule has 0 bridgehead atoms. The number of rotatable bonds is 14. The van der Waals surface area contributed by atoms with E-state index in [4.69, 9.17) is 10.2 Å². The summed E-state index contributed by atoms with van der Waals surface area (Å²) in [4.78, 5) is 84.0. The molecular weight excluding hydrogens is 535 g/mol. The van der Waals surface area contributed by atoms with E-state index in [1.807, 2.05) is 5.32 Å². The Kier molecular flexibility index (Phi) is 13.3. The molecule has 1 aromatic heterocycles. The number of halogens is 1. The molecule has 1 saturated heterocycles. The first kappa shape index (κ1) is 33.6. The maximum Gasteiger partial charge on any atom is 0.331 e. The van der Waals surface area contributed by atoms with Gasteiger partial charge >= 0.3 is 23.9 Å². The van der Waals surface area contributed by atoms with Crippen molar-refractivity contribution in [2.75, 3.05) is 6.54 Å². The zero-order chi connectivity index (χ0) is 30.5. The molecular formula is C25H33FN4O10. The number of nitrogens with zero attached hydrogens (tertiary/aromatic N) is 2. The van der Waals surface area contributed by atoms with E-state index in [-0.39, 0.29) is 25.2 Å². The Labute approximate surface area is 228 Å². The second-order valence-corrected chi connectivity index (χ2v) is 8.84. The highest BCUT2D eigenvalue weighted by Gasteiger charge is 2.54. The number of carbonyl (C=O) groups excluding carboxylic acids is 4. The van der Waals surface area contributed by atoms with Gasteiger partial charge in [0.15, 0.2) is 0 Å². The zero-order valence-corrected chi connectivity index (χ0v) is 22.1. The minimum Gasteiger partial charge on any atom is -0.481 e. The summed E-state index contributed by atoms with van der Waals surface area (Å²) < 4.78 is 12.5. The lowest BCUT2D eigenvalue weighted by Gasteiger charge is -2.40. The number of imide groups is 2. The summed E-state index contributed by atoms with van der Waals surface area (Å²) in [7, 11) is 0. The Bertz CT molecular complexity index is 1110. The molecule has 2 rings (SSSR count). The van der Waals surface area contributed by atoms with E-state index in [1.54, 1.807) is 13.8 Å². The molecule has 0 spiro atoms. The number of unbranched alkanes of at least 4 members (excludes halogenated alkanes) is 2. The lowest BCUT2D eigenvalue weighted by atomic mass is 9.78. The van der Waals surface area contributed by atoms with Crippen molar-refractivity contribution in [3.8, 4) is 0 Å². The number of carboxylic acids is 3. The largest absolute Gasteiger partial charge is 0.481 e. The van der Waals surface area contributed by atoms with Crippen LogP contribution in [0.15, 0.2) is 18.3 Å². The van der Waals surface area contributed by atoms with Crippen molar-refractivity contribution < 1.29 is 53.3 Å². The molecule has 220 valence electrons. The number of barbiturate groups is 1. The van der Waals surface area contributed by atoms with Gasteiger partial charge in [-0.25, -0.2) is 19.5 Å². The second-order valence-electron chi connectivity index (χ2n) is 8.84. The molecule has 0 aliphatic carbocycles. The molecule has 40 heavy (non-hydrogen) atoms. The fraction of sp³-hybridized carbons (Fsp3) is 0.520. The van der Waals surface area contributed by atoms with Crippen LogP contribution in [0.1, 0.15) is 75.6 Å². The van der Waals surface area contributed by atoms with Gasteiger partial charge in [-0.3, -0.25) is 29.3 Å². The molecule has 1 atom stereocenters. The van der Waals surface area contributed by atoms with E-state index in [0.717, 1.165) is 12.5 Å². The quantitative estimate of drug-likeness (QED) is 0.124. The Hall–Kier alpha value is -4.43. The number of hydrogen-bond donors (Lipinski definition) is 5. The summed E-state index contributed by atoms with van der Waals surface area (Å²) in [5, 5.41) is 30.9. The molecule has 14 nitrogen and oxygen atoms in total. The number of aromatic nitrogens is 1. The lowest BCUT2D eigenvalue weighted by molar-refractivity contribution is -0.160. The van der Waals surface area contributed by atoms with E-state index < -0.39 is 66.0 Å². The first-order valence-electron chi connectivity index (χ1n) is 12.6. The average Bonchev–Trinajstić information content (AvgIpc) is 2.88. The van der Waals surface area contributed by atoms with Crippen molar-refractivity contribution in [1.29, 1.82) is 0 Å². The maximum absolute atomic E-state index is 12.6. The van der Waals surface area contributed by atoms with Crippen molar-refractivity contribution in [3.63, 3.8) is 0 Å². The van der Waals surface area contributed by atoms with Crippen LogP contribution in [0.4, 0.5) is 9.18 Å². The molecule has 1 aliphatic rings. The Morgan fingerprint density at radius 1 is 1.00 bits per heavy atom. The first-order valence-corrected chi connectivity index (χ1v) is 12.6. The molecule has 0 radical (unpaired) electrons. The predicted octanol–water partition coefficient (Wildman–Crippen LogP) is 1.78. The molecule has 1 aromatic rings. The Morgan fingerprint density at radius 2 is 1.62 bits per heavy atom. The summed E-state index contributed by atoms with van der Waals surface area (Å²) in [5.41, 5.74) is -1.20. The predicted molar refractivity (Wildman–Crippen MR) is 134 cm³/mol. The average molecular weight is 569 g/mol. The highest BCUT2D eigenvalue weighted by molar-refractivity contribution is 6.20. The number of hydrogen-bond acceptors (Lipinski definition) is 8. The Morgan fingerprint density at radius 3 is 2.12 bits per heavy atom. The van der Waals surface area contributed by atoms with Gasteiger partial charge in [-0.2, -0.15) is 4.39 Å². The third kappa shape index (κ3) is 9.39. The van der Waals surface area contributed by atoms with Gasteiger partial charge in [-0.15, -0.1) is 0 Å². The van der Waals surface area contributed by atoms with E-state index in [1.165, 1.54) is 12.3 Å². The van der Waals surface area contributed by atoms with Crippen LogP contribution in [0.2, 0.25) is 0 Å². The third-order valence-electron chi connectivity index (χ3n) is 6.28. The molecule has 0 unspecified atom stereocenters. The van der Waals surface area contributed by atoms with Crippen LogP contribution < -0.4 is 10.6 Å². The van der Waals surface area contributed by atoms with Crippen LogP contribution in [-0.4, -0.2) is 79.5 Å². The minimum absolute atomic E-state index is 0.100. The minimum atomic E-state index is -1.63. The zero-order valence-electron chi connectivity index (χ0n) is 22.1. The van der Waals surface area contributed by atoms with Gasteiger partial charge in [0.1, 0.15) is 11.5 Å². The van der Waals surface area contributed by atoms with Gasteiger partial charge < -0.3 is 20.6 Å². The van der Waals surface area contributed by atoms with E-state index >= 15 is 0 Å². The summed E-state index contributed by atoms with van der Waals surface area (Å²) in [6.45, 7) is 3.64. The number of urea groups is 1. The number of aliphatic carboxylic acids is 3. The molecule has 1 aliphatic heterocycles. The fourth-order valence-electron chi connectivity index (χ4n) is 3.87. The lowest BCUT2D eigenvalue weighted by Crippen LogP contribution is -2.67. The van der Waals surface area contributed by atoms with Crippen LogP contribution >= 0.6 is 0 Å². The molecule has 5 N–H and O–H groups in total. The molecule has 2 heterocycles. The van der Waals surface area contributed by atoms with Gasteiger partial charge in [0.2, 0.25) is 17.8 Å². The number of carboxylic acid groups (broad SMARTS) is 3. The monoisotopic (exact) mass is 568 g/mol. The molecule has 0 saturated carbocycles. The maximum atomic E-state index is 12.6. The van der Waals surface area contributed by atoms with Gasteiger partial charge in [-0.05, 0) is 44.2 Å². The van der Waals surface area contributed by atoms with Gasteiger partial charge in [-0.1, -0.05) is 20.3 Å². The van der Waals surface area contributed by atoms with Gasteiger partial charge in [0, 0.05) is 25.6 Å². The second kappa shape index (κ2) is 15.9. The normalized spacial score (nSPS) is 14.9. The highest BCUT2D eigenvalue weighted by Crippen LogP contribution is 2.33. The summed E-state index contributed by atoms with van der Waals surface area (Å²) >= 11 is 0. The standard InChI is InChI=1S/C13H18N2O7.C12H15FN2O3/c1-3-13(4-2)10(20)14-12(22)15(11(13)21)7(9(18)19)5-6-8(16)17;13-10-6-5-9(8-15-10)12(18)14-7-3-1-2-4-11(16)17/h7H,3-6H2,1-2H3,(H,16,17)(H,18,19)(H,14,20,22);5-6,8H,1-4,7H2,(H,14,18)(H,16,17)/t7-;/m0./s1. The molecule has 0 aromatic carbocycles. The van der Waals surface area contributed by atoms with Crippen molar-refractivity contribution in [1.82, 2.24) is 20.5 Å². The molecule has 1 fully saturated rings. The number of amides is 5. The SMILES string of the molecule is CCC1(CC)C(=O)NC(=O)N([C@@H](CCC(=O)O)C(=O)O)C1=O.O=C(O)CCCCCNC(=O)c1ccc(F)nc1. The summed E-state index contributed by atoms with van der Waals surface area (Å²) in [6, 6.07) is -0.274. The van der Waals surface area contributed by atoms with Crippen LogP contribution in [-0.2, 0) is 24.0 Å². The highest BCUT2D eigenvalue weighted by atomic mass is 19.1. The van der Waals surface area contributed by atoms with Crippen molar-refractivity contribution in [2.45, 2.75) is 71.3 Å². The van der Waals surface area contributed by atoms with Crippen LogP contribution in [0.5, 0.6) is 0 Å². The Balaban J connectivity index is 0.000000408. The number of nitrogens with one attached hydrogen (secondary N) is 2. The number of pyridine rings is 1. The van der Waals surface area contributed by atoms with E-state index in [2.05, 4.69) is 10.3 Å². The van der Waals surface area contributed by atoms with E-state index in [9.17, 15) is 43.1 Å². The van der Waals surface area contributed by atoms with Crippen LogP contribution in [0.3, 0.4) is 0 Å². The topological polar surface area (TPSA) is 220 Å². The first-order chi connectivity index (χ1) is 18.8. The molecule has 15 heteroatoms. The van der Waals surface area contributed by atoms with E-state index in [0.29, 0.717) is 29.8 Å². The van der Waals surface area contributed by atoms with Crippen LogP contribution in [0.25, 0.3) is 0 Å².